The summed E-state index contributed by atoms with van der Waals surface area (Å²) in [6.45, 7) is 5.87. The van der Waals surface area contributed by atoms with Crippen LogP contribution in [0, 0.1) is 5.92 Å². The molecule has 2 aromatic rings. The SMILES string of the molecule is CC(C)CCCCCCCCCCCCC(=O)N(C)[C@H](CO)C(=O)N[C@H](C)C(=O)NCC(=O)N(C)[C@@H]1C(=O)N[C@@H](C)C(=O)N[C@H](C(=O)O)Cc2ccc(O)c(c2)-c2cc1ccc2O. The van der Waals surface area contributed by atoms with Crippen molar-refractivity contribution in [3.05, 3.63) is 47.5 Å². The number of amides is 6. The number of carbonyl (C=O) groups is 7. The van der Waals surface area contributed by atoms with Crippen LogP contribution in [0.2, 0.25) is 0 Å². The van der Waals surface area contributed by atoms with E-state index in [1.807, 2.05) is 0 Å². The molecule has 17 nitrogen and oxygen atoms in total. The molecule has 0 radical (unpaired) electrons. The van der Waals surface area contributed by atoms with Gasteiger partial charge in [-0.25, -0.2) is 4.79 Å². The van der Waals surface area contributed by atoms with E-state index in [4.69, 9.17) is 0 Å². The van der Waals surface area contributed by atoms with Crippen molar-refractivity contribution in [3.63, 3.8) is 0 Å². The summed E-state index contributed by atoms with van der Waals surface area (Å²) in [5.41, 5.74) is 0.726. The van der Waals surface area contributed by atoms with E-state index in [1.165, 1.54) is 109 Å². The minimum absolute atomic E-state index is 0.0667. The largest absolute Gasteiger partial charge is 0.507 e. The summed E-state index contributed by atoms with van der Waals surface area (Å²) in [5.74, 6) is -5.48. The van der Waals surface area contributed by atoms with E-state index >= 15 is 0 Å². The van der Waals surface area contributed by atoms with Gasteiger partial charge >= 0.3 is 5.97 Å². The third-order valence-electron chi connectivity index (χ3n) is 11.4. The standard InChI is InChI=1S/C46H68N6O11/c1-28(2)17-15-13-11-9-7-8-10-12-14-16-18-39(56)51(5)36(27-53)44(60)48-29(3)42(58)47-26-40(57)52(6)41-32-20-22-38(55)34(25-32)33-23-31(19-21-37(33)54)24-35(46(62)63)50-43(59)30(4)49-45(41)61/h19-23,25,28-30,35-36,41,53-55H,7-18,24,26-27H2,1-6H3,(H,47,58)(H,48,60)(H,49,61)(H,50,59)(H,62,63)/t29-,30+,35+,36-,41+/m1/s1. The Hall–Kier alpha value is -5.71. The first-order chi connectivity index (χ1) is 29.9. The van der Waals surface area contributed by atoms with Crippen molar-refractivity contribution < 1.29 is 54.0 Å². The van der Waals surface area contributed by atoms with Gasteiger partial charge in [-0.2, -0.15) is 0 Å². The van der Waals surface area contributed by atoms with E-state index in [9.17, 15) is 54.0 Å². The molecule has 2 aromatic carbocycles. The quantitative estimate of drug-likeness (QED) is 0.0792. The molecular formula is C46H68N6O11. The number of hydrogen-bond donors (Lipinski definition) is 8. The predicted molar refractivity (Wildman–Crippen MR) is 236 cm³/mol. The zero-order valence-electron chi connectivity index (χ0n) is 37.6. The minimum atomic E-state index is -1.47. The number of aromatic hydroxyl groups is 2. The topological polar surface area (TPSA) is 255 Å². The molecule has 1 heterocycles. The molecule has 8 N–H and O–H groups in total. The molecule has 1 aliphatic heterocycles. The normalized spacial score (nSPS) is 17.4. The molecule has 0 aliphatic carbocycles. The number of aliphatic hydroxyl groups excluding tert-OH is 1. The number of likely N-dealkylation sites (N-methyl/N-ethyl adjacent to an activating group) is 2. The van der Waals surface area contributed by atoms with Crippen molar-refractivity contribution in [2.45, 2.75) is 141 Å². The Morgan fingerprint density at radius 3 is 1.92 bits per heavy atom. The van der Waals surface area contributed by atoms with Crippen LogP contribution in [0.1, 0.15) is 122 Å². The second-order valence-corrected chi connectivity index (χ2v) is 17.0. The summed E-state index contributed by atoms with van der Waals surface area (Å²) in [6.07, 6.45) is 12.4. The lowest BCUT2D eigenvalue weighted by atomic mass is 9.94. The zero-order valence-corrected chi connectivity index (χ0v) is 37.6. The van der Waals surface area contributed by atoms with Crippen LogP contribution < -0.4 is 21.3 Å². The number of hydrogen-bond acceptors (Lipinski definition) is 10. The third kappa shape index (κ3) is 15.9. The number of unbranched alkanes of at least 4 members (excludes halogenated alkanes) is 9. The molecule has 0 unspecified atom stereocenters. The summed E-state index contributed by atoms with van der Waals surface area (Å²) in [7, 11) is 2.70. The van der Waals surface area contributed by atoms with Crippen LogP contribution in [0.3, 0.4) is 0 Å². The second-order valence-electron chi connectivity index (χ2n) is 17.0. The fourth-order valence-corrected chi connectivity index (χ4v) is 7.44. The molecule has 63 heavy (non-hydrogen) atoms. The Morgan fingerprint density at radius 1 is 0.762 bits per heavy atom. The average Bonchev–Trinajstić information content (AvgIpc) is 3.23. The van der Waals surface area contributed by atoms with Gasteiger partial charge in [0.2, 0.25) is 35.4 Å². The number of benzene rings is 2. The summed E-state index contributed by atoms with van der Waals surface area (Å²) < 4.78 is 0. The summed E-state index contributed by atoms with van der Waals surface area (Å²) in [6, 6.07) is 1.63. The molecule has 17 heteroatoms. The van der Waals surface area contributed by atoms with Crippen molar-refractivity contribution in [1.29, 1.82) is 0 Å². The highest BCUT2D eigenvalue weighted by atomic mass is 16.4. The van der Waals surface area contributed by atoms with Crippen molar-refractivity contribution >= 4 is 41.4 Å². The van der Waals surface area contributed by atoms with E-state index < -0.39 is 78.9 Å². The van der Waals surface area contributed by atoms with Gasteiger partial charge in [-0.1, -0.05) is 90.2 Å². The number of phenolic OH excluding ortho intramolecular Hbond substituents is 2. The first-order valence-electron chi connectivity index (χ1n) is 22.0. The van der Waals surface area contributed by atoms with Crippen molar-refractivity contribution in [2.75, 3.05) is 27.2 Å². The molecule has 0 fully saturated rings. The second kappa shape index (κ2) is 25.4. The molecule has 0 spiro atoms. The van der Waals surface area contributed by atoms with Gasteiger partial charge in [0.25, 0.3) is 0 Å². The molecule has 4 bridgehead atoms. The summed E-state index contributed by atoms with van der Waals surface area (Å²) in [5, 5.41) is 51.3. The molecule has 1 aliphatic rings. The van der Waals surface area contributed by atoms with Crippen molar-refractivity contribution in [2.24, 2.45) is 5.92 Å². The van der Waals surface area contributed by atoms with Crippen LogP contribution in [-0.4, -0.2) is 123 Å². The molecule has 0 saturated heterocycles. The van der Waals surface area contributed by atoms with Crippen LogP contribution in [-0.2, 0) is 40.0 Å². The Labute approximate surface area is 370 Å². The highest BCUT2D eigenvalue weighted by Crippen LogP contribution is 2.38. The average molecular weight is 881 g/mol. The molecule has 5 atom stereocenters. The number of aliphatic carboxylic acids is 1. The van der Waals surface area contributed by atoms with Gasteiger partial charge in [0.05, 0.1) is 13.2 Å². The van der Waals surface area contributed by atoms with Crippen LogP contribution in [0.15, 0.2) is 36.4 Å². The van der Waals surface area contributed by atoms with Crippen LogP contribution >= 0.6 is 0 Å². The number of phenols is 2. The number of nitrogens with zero attached hydrogens (tertiary/aromatic N) is 2. The van der Waals surface area contributed by atoms with E-state index in [0.717, 1.165) is 35.0 Å². The lowest BCUT2D eigenvalue weighted by molar-refractivity contribution is -0.143. The van der Waals surface area contributed by atoms with Gasteiger partial charge in [0.1, 0.15) is 41.7 Å². The van der Waals surface area contributed by atoms with Gasteiger partial charge in [-0.05, 0) is 61.6 Å². The fourth-order valence-electron chi connectivity index (χ4n) is 7.44. The monoisotopic (exact) mass is 880 g/mol. The number of aliphatic hydroxyl groups is 1. The Kier molecular flexibility index (Phi) is 20.8. The van der Waals surface area contributed by atoms with Crippen LogP contribution in [0.5, 0.6) is 11.5 Å². The van der Waals surface area contributed by atoms with Crippen molar-refractivity contribution in [3.8, 4) is 22.6 Å². The van der Waals surface area contributed by atoms with E-state index in [2.05, 4.69) is 35.1 Å². The number of carboxylic acid groups (broad SMARTS) is 1. The Bertz CT molecular complexity index is 1910. The number of carbonyl (C=O) groups excluding carboxylic acids is 6. The van der Waals surface area contributed by atoms with E-state index in [0.29, 0.717) is 12.0 Å². The minimum Gasteiger partial charge on any atom is -0.507 e. The lowest BCUT2D eigenvalue weighted by Gasteiger charge is -2.30. The molecule has 0 saturated carbocycles. The first-order valence-corrected chi connectivity index (χ1v) is 22.0. The van der Waals surface area contributed by atoms with Gasteiger partial charge in [0.15, 0.2) is 0 Å². The number of carboxylic acids is 1. The highest BCUT2D eigenvalue weighted by molar-refractivity contribution is 5.96. The van der Waals surface area contributed by atoms with Gasteiger partial charge < -0.3 is 51.5 Å². The molecule has 0 aromatic heterocycles. The molecule has 348 valence electrons. The smallest absolute Gasteiger partial charge is 0.326 e. The summed E-state index contributed by atoms with van der Waals surface area (Å²) >= 11 is 0. The maximum absolute atomic E-state index is 13.9. The van der Waals surface area contributed by atoms with E-state index in [-0.39, 0.29) is 46.9 Å². The van der Waals surface area contributed by atoms with Crippen LogP contribution in [0.25, 0.3) is 11.1 Å². The third-order valence-corrected chi connectivity index (χ3v) is 11.4. The zero-order chi connectivity index (χ0) is 46.8. The fraction of sp³-hybridized carbons (Fsp3) is 0.587. The first kappa shape index (κ1) is 51.6. The Morgan fingerprint density at radius 2 is 1.33 bits per heavy atom. The number of fused-ring (bicyclic) bond motifs is 5. The molecule has 6 amide bonds. The maximum atomic E-state index is 13.9. The lowest BCUT2D eigenvalue weighted by Crippen LogP contribution is -2.55. The van der Waals surface area contributed by atoms with Gasteiger partial charge in [-0.15, -0.1) is 0 Å². The van der Waals surface area contributed by atoms with Gasteiger partial charge in [0, 0.05) is 38.1 Å². The van der Waals surface area contributed by atoms with Crippen molar-refractivity contribution in [1.82, 2.24) is 31.1 Å². The Balaban J connectivity index is 1.60. The molecular weight excluding hydrogens is 813 g/mol. The number of rotatable bonds is 22. The molecule has 3 rings (SSSR count). The van der Waals surface area contributed by atoms with Gasteiger partial charge in [-0.3, -0.25) is 28.8 Å². The highest BCUT2D eigenvalue weighted by Gasteiger charge is 2.34. The maximum Gasteiger partial charge on any atom is 0.326 e. The van der Waals surface area contributed by atoms with Crippen LogP contribution in [0.4, 0.5) is 0 Å². The summed E-state index contributed by atoms with van der Waals surface area (Å²) in [4.78, 5) is 94.0. The number of nitrogens with one attached hydrogen (secondary N) is 4. The van der Waals surface area contributed by atoms with E-state index in [1.54, 1.807) is 0 Å². The predicted octanol–water partition coefficient (Wildman–Crippen LogP) is 3.67.